The highest BCUT2D eigenvalue weighted by Gasteiger charge is 2.28. The summed E-state index contributed by atoms with van der Waals surface area (Å²) in [5.74, 6) is 6.63. The fraction of sp³-hybridized carbons (Fsp3) is 0.571. The van der Waals surface area contributed by atoms with Crippen molar-refractivity contribution in [2.45, 2.75) is 44.6 Å². The monoisotopic (exact) mass is 569 g/mol. The van der Waals surface area contributed by atoms with Crippen molar-refractivity contribution < 1.29 is 18.3 Å². The van der Waals surface area contributed by atoms with E-state index in [-0.39, 0.29) is 17.3 Å². The molecule has 1 saturated heterocycles. The van der Waals surface area contributed by atoms with Gasteiger partial charge in [-0.05, 0) is 44.7 Å². The summed E-state index contributed by atoms with van der Waals surface area (Å²) in [6, 6.07) is 1.83. The molecule has 1 aliphatic carbocycles. The summed E-state index contributed by atoms with van der Waals surface area (Å²) in [4.78, 5) is 22.2. The highest BCUT2D eigenvalue weighted by Crippen LogP contribution is 2.35. The molecule has 0 unspecified atom stereocenters. The van der Waals surface area contributed by atoms with Crippen LogP contribution in [0.25, 0.3) is 5.65 Å². The van der Waals surface area contributed by atoms with Gasteiger partial charge in [-0.15, -0.1) is 5.92 Å². The third-order valence-electron chi connectivity index (χ3n) is 7.76. The Morgan fingerprint density at radius 3 is 2.76 bits per heavy atom. The van der Waals surface area contributed by atoms with Crippen molar-refractivity contribution in [1.82, 2.24) is 29.3 Å². The Labute approximate surface area is 238 Å². The van der Waals surface area contributed by atoms with Crippen molar-refractivity contribution >= 4 is 23.1 Å². The Balaban J connectivity index is 1.24. The molecule has 3 N–H and O–H groups in total. The second-order valence-electron chi connectivity index (χ2n) is 10.6. The number of hydrogen-bond donors (Lipinski definition) is 2. The van der Waals surface area contributed by atoms with E-state index in [1.807, 2.05) is 6.07 Å². The molecule has 2 fully saturated rings. The highest BCUT2D eigenvalue weighted by molar-refractivity contribution is 6.08. The van der Waals surface area contributed by atoms with E-state index < -0.39 is 18.0 Å². The summed E-state index contributed by atoms with van der Waals surface area (Å²) in [6.07, 6.45) is 6.27. The fourth-order valence-electron chi connectivity index (χ4n) is 5.56. The van der Waals surface area contributed by atoms with Crippen molar-refractivity contribution in [3.63, 3.8) is 0 Å². The number of morpholine rings is 1. The van der Waals surface area contributed by atoms with Crippen molar-refractivity contribution in [3.8, 4) is 11.8 Å². The first-order valence-electron chi connectivity index (χ1n) is 14.1. The zero-order chi connectivity index (χ0) is 28.8. The van der Waals surface area contributed by atoms with E-state index >= 15 is 0 Å². The summed E-state index contributed by atoms with van der Waals surface area (Å²) in [5.41, 5.74) is 5.54. The van der Waals surface area contributed by atoms with Crippen molar-refractivity contribution in [2.24, 2.45) is 11.7 Å². The average Bonchev–Trinajstić information content (AvgIpc) is 3.60. The molecular formula is C28H37F2N9O2. The zero-order valence-corrected chi connectivity index (χ0v) is 23.3. The first-order valence-corrected chi connectivity index (χ1v) is 14.1. The molecule has 0 aromatic carbocycles. The quantitative estimate of drug-likeness (QED) is 0.378. The Bertz CT molecular complexity index is 1380. The van der Waals surface area contributed by atoms with E-state index in [2.05, 4.69) is 49.2 Å². The first-order chi connectivity index (χ1) is 19.9. The maximum Gasteiger partial charge on any atom is 0.284 e. The van der Waals surface area contributed by atoms with Crippen molar-refractivity contribution in [3.05, 3.63) is 35.9 Å². The number of nitrogens with zero attached hydrogens (tertiary/aromatic N) is 7. The fourth-order valence-corrected chi connectivity index (χ4v) is 5.56. The summed E-state index contributed by atoms with van der Waals surface area (Å²) >= 11 is 0. The topological polar surface area (TPSA) is 119 Å². The summed E-state index contributed by atoms with van der Waals surface area (Å²) in [6.45, 7) is 4.84. The van der Waals surface area contributed by atoms with Crippen LogP contribution in [0.5, 0.6) is 0 Å². The molecule has 3 aromatic heterocycles. The first kappa shape index (κ1) is 28.9. The minimum absolute atomic E-state index is 0.00449. The summed E-state index contributed by atoms with van der Waals surface area (Å²) in [5, 5.41) is 11.1. The van der Waals surface area contributed by atoms with Crippen LogP contribution in [-0.4, -0.2) is 88.2 Å². The standard InChI is InChI=1S/C28H37F2N9O2/c1-36(11-4-2-3-10-31)18-20-5-7-21(8-6-20)39-19-23(25(35-39)26(29)30)33-28(40)22-17-32-38-12-9-24(34-27(22)38)37-13-15-41-16-14-37/h9,12,17,19-21,26H,4-8,10-11,13-16,18,31H2,1H3,(H,33,40)/t20-,21-. The van der Waals surface area contributed by atoms with Crippen LogP contribution >= 0.6 is 0 Å². The molecule has 1 saturated carbocycles. The van der Waals surface area contributed by atoms with E-state index in [0.717, 1.165) is 45.2 Å². The number of nitrogens with two attached hydrogens (primary N) is 1. The number of nitrogens with one attached hydrogen (secondary N) is 1. The van der Waals surface area contributed by atoms with E-state index in [0.29, 0.717) is 50.2 Å². The van der Waals surface area contributed by atoms with Gasteiger partial charge in [0.1, 0.15) is 11.4 Å². The lowest BCUT2D eigenvalue weighted by Gasteiger charge is -2.31. The number of anilines is 2. The minimum atomic E-state index is -2.83. The molecule has 0 radical (unpaired) electrons. The predicted molar refractivity (Wildman–Crippen MR) is 151 cm³/mol. The molecule has 220 valence electrons. The molecule has 41 heavy (non-hydrogen) atoms. The Morgan fingerprint density at radius 1 is 1.24 bits per heavy atom. The van der Waals surface area contributed by atoms with Gasteiger partial charge in [-0.1, -0.05) is 5.92 Å². The summed E-state index contributed by atoms with van der Waals surface area (Å²) in [7, 11) is 2.09. The number of hydrogen-bond acceptors (Lipinski definition) is 8. The van der Waals surface area contributed by atoms with E-state index in [1.54, 1.807) is 10.9 Å². The number of amides is 1. The Morgan fingerprint density at radius 2 is 2.02 bits per heavy atom. The smallest absolute Gasteiger partial charge is 0.284 e. The molecular weight excluding hydrogens is 532 g/mol. The molecule has 0 bridgehead atoms. The molecule has 11 nitrogen and oxygen atoms in total. The molecule has 2 aliphatic rings. The third kappa shape index (κ3) is 7.01. The van der Waals surface area contributed by atoms with Gasteiger partial charge < -0.3 is 25.6 Å². The van der Waals surface area contributed by atoms with E-state index in [1.165, 1.54) is 16.9 Å². The number of carbonyl (C=O) groups excluding carboxylic acids is 1. The molecule has 3 aromatic rings. The molecule has 1 aliphatic heterocycles. The van der Waals surface area contributed by atoms with Crippen molar-refractivity contribution in [1.29, 1.82) is 0 Å². The number of halogens is 2. The number of alkyl halides is 2. The number of aromatic nitrogens is 5. The second kappa shape index (κ2) is 13.4. The van der Waals surface area contributed by atoms with Crippen LogP contribution in [0.3, 0.4) is 0 Å². The number of rotatable bonds is 9. The van der Waals surface area contributed by atoms with E-state index in [4.69, 9.17) is 10.5 Å². The van der Waals surface area contributed by atoms with Gasteiger partial charge >= 0.3 is 0 Å². The van der Waals surface area contributed by atoms with Gasteiger partial charge in [0.25, 0.3) is 12.3 Å². The van der Waals surface area contributed by atoms with Crippen LogP contribution in [0.4, 0.5) is 20.3 Å². The molecule has 0 atom stereocenters. The Kier molecular flexibility index (Phi) is 9.43. The predicted octanol–water partition coefficient (Wildman–Crippen LogP) is 2.97. The number of carbonyl (C=O) groups is 1. The van der Waals surface area contributed by atoms with Gasteiger partial charge in [-0.25, -0.2) is 18.3 Å². The Hall–Kier alpha value is -3.60. The molecule has 13 heteroatoms. The van der Waals surface area contributed by atoms with Crippen LogP contribution < -0.4 is 16.0 Å². The lowest BCUT2D eigenvalue weighted by Crippen LogP contribution is -2.36. The SMILES string of the molecule is CN(CCC#CCN)C[C@H]1CC[C@H](n2cc(NC(=O)c3cnn4ccc(N5CCOCC5)nc34)c(C(F)F)n2)CC1. The van der Waals surface area contributed by atoms with Crippen LogP contribution in [0.15, 0.2) is 24.7 Å². The number of fused-ring (bicyclic) bond motifs is 1. The van der Waals surface area contributed by atoms with Gasteiger partial charge in [-0.3, -0.25) is 9.48 Å². The lowest BCUT2D eigenvalue weighted by molar-refractivity contribution is 0.102. The third-order valence-corrected chi connectivity index (χ3v) is 7.76. The van der Waals surface area contributed by atoms with Crippen LogP contribution in [-0.2, 0) is 4.74 Å². The largest absolute Gasteiger partial charge is 0.378 e. The molecule has 1 amide bonds. The summed E-state index contributed by atoms with van der Waals surface area (Å²) < 4.78 is 36.5. The second-order valence-corrected chi connectivity index (χ2v) is 10.6. The zero-order valence-electron chi connectivity index (χ0n) is 23.3. The maximum atomic E-state index is 14.0. The van der Waals surface area contributed by atoms with Gasteiger partial charge in [0, 0.05) is 45.0 Å². The molecule has 5 rings (SSSR count). The van der Waals surface area contributed by atoms with E-state index in [9.17, 15) is 13.6 Å². The van der Waals surface area contributed by atoms with Gasteiger partial charge in [-0.2, -0.15) is 10.2 Å². The highest BCUT2D eigenvalue weighted by atomic mass is 19.3. The van der Waals surface area contributed by atoms with Crippen molar-refractivity contribution in [2.75, 3.05) is 63.2 Å². The van der Waals surface area contributed by atoms with Gasteiger partial charge in [0.15, 0.2) is 11.3 Å². The van der Waals surface area contributed by atoms with Gasteiger partial charge in [0.05, 0.1) is 37.7 Å². The maximum absolute atomic E-state index is 14.0. The normalized spacial score (nSPS) is 19.5. The minimum Gasteiger partial charge on any atom is -0.378 e. The molecule has 4 heterocycles. The van der Waals surface area contributed by atoms with Crippen LogP contribution in [0, 0.1) is 17.8 Å². The molecule has 0 spiro atoms. The number of ether oxygens (including phenoxy) is 1. The lowest BCUT2D eigenvalue weighted by atomic mass is 9.86. The van der Waals surface area contributed by atoms with Gasteiger partial charge in [0.2, 0.25) is 0 Å². The van der Waals surface area contributed by atoms with Crippen LogP contribution in [0.1, 0.15) is 60.6 Å². The van der Waals surface area contributed by atoms with Crippen LogP contribution in [0.2, 0.25) is 0 Å². The average molecular weight is 570 g/mol.